The summed E-state index contributed by atoms with van der Waals surface area (Å²) < 4.78 is 5.75. The Morgan fingerprint density at radius 2 is 1.56 bits per heavy atom. The number of ether oxygens (including phenoxy) is 1. The zero-order chi connectivity index (χ0) is 27.1. The van der Waals surface area contributed by atoms with Crippen molar-refractivity contribution in [3.05, 3.63) is 47.1 Å². The second kappa shape index (κ2) is 10.1. The number of rotatable bonds is 6. The highest BCUT2D eigenvalue weighted by atomic mass is 16.5. The van der Waals surface area contributed by atoms with Crippen LogP contribution in [-0.4, -0.2) is 29.4 Å². The third-order valence-electron chi connectivity index (χ3n) is 9.48. The van der Waals surface area contributed by atoms with Gasteiger partial charge in [-0.2, -0.15) is 0 Å². The molecule has 5 atom stereocenters. The molecule has 0 aliphatic heterocycles. The summed E-state index contributed by atoms with van der Waals surface area (Å²) in [6.07, 6.45) is 12.2. The van der Waals surface area contributed by atoms with Crippen molar-refractivity contribution in [1.82, 2.24) is 0 Å². The summed E-state index contributed by atoms with van der Waals surface area (Å²) in [7, 11) is 0. The molecular formula is C31H42O5. The minimum atomic E-state index is -0.220. The van der Waals surface area contributed by atoms with E-state index < -0.39 is 0 Å². The quantitative estimate of drug-likeness (QED) is 0.247. The molecule has 0 amide bonds. The van der Waals surface area contributed by atoms with Gasteiger partial charge in [0.1, 0.15) is 6.10 Å². The van der Waals surface area contributed by atoms with Gasteiger partial charge in [0.15, 0.2) is 17.3 Å². The smallest absolute Gasteiger partial charge is 0.302 e. The SMILES string of the molecule is CC(=O)/C=C\C(=O)/C(C)=C/C=C/C(C)=C1\C(=O)CC2[C@@]3(C)CC[C@H](OC(C)=O)C(C)(C)C3CC[C@]12C. The first kappa shape index (κ1) is 28.0. The molecule has 2 unspecified atom stereocenters. The molecule has 0 radical (unpaired) electrons. The fourth-order valence-electron chi connectivity index (χ4n) is 7.80. The highest BCUT2D eigenvalue weighted by molar-refractivity contribution is 6.07. The van der Waals surface area contributed by atoms with Crippen LogP contribution in [0.25, 0.3) is 0 Å². The summed E-state index contributed by atoms with van der Waals surface area (Å²) in [6.45, 7) is 15.7. The molecule has 0 bridgehead atoms. The monoisotopic (exact) mass is 494 g/mol. The van der Waals surface area contributed by atoms with E-state index in [1.54, 1.807) is 13.0 Å². The lowest BCUT2D eigenvalue weighted by atomic mass is 9.43. The fourth-order valence-corrected chi connectivity index (χ4v) is 7.80. The lowest BCUT2D eigenvalue weighted by Gasteiger charge is -2.62. The molecule has 0 saturated heterocycles. The van der Waals surface area contributed by atoms with Gasteiger partial charge in [-0.1, -0.05) is 45.9 Å². The number of carbonyl (C=O) groups is 4. The van der Waals surface area contributed by atoms with Gasteiger partial charge in [0, 0.05) is 29.7 Å². The molecule has 5 heteroatoms. The molecule has 0 heterocycles. The Hall–Kier alpha value is -2.56. The zero-order valence-corrected chi connectivity index (χ0v) is 23.2. The van der Waals surface area contributed by atoms with Crippen LogP contribution in [0.15, 0.2) is 47.1 Å². The summed E-state index contributed by atoms with van der Waals surface area (Å²) in [5, 5.41) is 0. The molecule has 0 spiro atoms. The van der Waals surface area contributed by atoms with Crippen LogP contribution >= 0.6 is 0 Å². The second-order valence-corrected chi connectivity index (χ2v) is 12.2. The number of ketones is 3. The van der Waals surface area contributed by atoms with Crippen LogP contribution in [0.5, 0.6) is 0 Å². The van der Waals surface area contributed by atoms with E-state index in [-0.39, 0.29) is 51.6 Å². The van der Waals surface area contributed by atoms with E-state index in [0.717, 1.165) is 36.8 Å². The van der Waals surface area contributed by atoms with Crippen molar-refractivity contribution in [2.75, 3.05) is 0 Å². The van der Waals surface area contributed by atoms with Crippen LogP contribution in [0.2, 0.25) is 0 Å². The molecule has 0 N–H and O–H groups in total. The number of Topliss-reactive ketones (excluding diaryl/α,β-unsaturated/α-hetero) is 1. The lowest BCUT2D eigenvalue weighted by Crippen LogP contribution is -2.58. The third-order valence-corrected chi connectivity index (χ3v) is 9.48. The predicted octanol–water partition coefficient (Wildman–Crippen LogP) is 6.28. The van der Waals surface area contributed by atoms with E-state index in [2.05, 4.69) is 27.7 Å². The van der Waals surface area contributed by atoms with Crippen molar-refractivity contribution in [3.63, 3.8) is 0 Å². The van der Waals surface area contributed by atoms with E-state index in [0.29, 0.717) is 17.9 Å². The van der Waals surface area contributed by atoms with Gasteiger partial charge in [0.2, 0.25) is 0 Å². The summed E-state index contributed by atoms with van der Waals surface area (Å²) in [5.74, 6) is 0.268. The maximum absolute atomic E-state index is 13.5. The number of hydrogen-bond acceptors (Lipinski definition) is 5. The molecule has 0 aromatic heterocycles. The number of fused-ring (bicyclic) bond motifs is 3. The Morgan fingerprint density at radius 1 is 0.889 bits per heavy atom. The average molecular weight is 495 g/mol. The predicted molar refractivity (Wildman–Crippen MR) is 141 cm³/mol. The van der Waals surface area contributed by atoms with Crippen molar-refractivity contribution in [3.8, 4) is 0 Å². The first-order chi connectivity index (χ1) is 16.6. The minimum absolute atomic E-state index is 0.000506. The molecule has 3 aliphatic carbocycles. The highest BCUT2D eigenvalue weighted by Gasteiger charge is 2.65. The van der Waals surface area contributed by atoms with Crippen molar-refractivity contribution >= 4 is 23.3 Å². The highest BCUT2D eigenvalue weighted by Crippen LogP contribution is 2.69. The number of carbonyl (C=O) groups excluding carboxylic acids is 4. The summed E-state index contributed by atoms with van der Waals surface area (Å²) in [4.78, 5) is 48.4. The summed E-state index contributed by atoms with van der Waals surface area (Å²) in [6, 6.07) is 0. The number of hydrogen-bond donors (Lipinski definition) is 0. The van der Waals surface area contributed by atoms with Crippen LogP contribution < -0.4 is 0 Å². The van der Waals surface area contributed by atoms with Crippen LogP contribution in [0.1, 0.15) is 87.5 Å². The van der Waals surface area contributed by atoms with E-state index in [1.807, 2.05) is 19.1 Å². The largest absolute Gasteiger partial charge is 0.462 e. The first-order valence-corrected chi connectivity index (χ1v) is 13.1. The lowest BCUT2D eigenvalue weighted by molar-refractivity contribution is -0.185. The van der Waals surface area contributed by atoms with Crippen LogP contribution in [0.4, 0.5) is 0 Å². The molecular weight excluding hydrogens is 452 g/mol. The first-order valence-electron chi connectivity index (χ1n) is 13.1. The molecule has 0 aromatic carbocycles. The maximum atomic E-state index is 13.5. The molecule has 0 aromatic rings. The third kappa shape index (κ3) is 4.99. The molecule has 3 saturated carbocycles. The maximum Gasteiger partial charge on any atom is 0.302 e. The van der Waals surface area contributed by atoms with Crippen LogP contribution in [0, 0.1) is 28.1 Å². The molecule has 3 aliphatic rings. The fraction of sp³-hybridized carbons (Fsp3) is 0.613. The molecule has 36 heavy (non-hydrogen) atoms. The Kier molecular flexibility index (Phi) is 7.83. The Bertz CT molecular complexity index is 1080. The molecule has 5 nitrogen and oxygen atoms in total. The molecule has 3 fully saturated rings. The molecule has 3 rings (SSSR count). The number of esters is 1. The minimum Gasteiger partial charge on any atom is -0.462 e. The molecule has 196 valence electrons. The van der Waals surface area contributed by atoms with E-state index >= 15 is 0 Å². The zero-order valence-electron chi connectivity index (χ0n) is 23.2. The van der Waals surface area contributed by atoms with Gasteiger partial charge in [-0.25, -0.2) is 0 Å². The normalized spacial score (nSPS) is 35.5. The summed E-state index contributed by atoms with van der Waals surface area (Å²) >= 11 is 0. The van der Waals surface area contributed by atoms with Gasteiger partial charge in [0.25, 0.3) is 0 Å². The van der Waals surface area contributed by atoms with Gasteiger partial charge in [-0.05, 0) is 87.0 Å². The van der Waals surface area contributed by atoms with Gasteiger partial charge in [-0.15, -0.1) is 0 Å². The van der Waals surface area contributed by atoms with E-state index in [1.165, 1.54) is 26.0 Å². The van der Waals surface area contributed by atoms with E-state index in [4.69, 9.17) is 4.74 Å². The van der Waals surface area contributed by atoms with E-state index in [9.17, 15) is 19.2 Å². The van der Waals surface area contributed by atoms with Crippen molar-refractivity contribution in [1.29, 1.82) is 0 Å². The summed E-state index contributed by atoms with van der Waals surface area (Å²) in [5.41, 5.74) is 2.08. The van der Waals surface area contributed by atoms with Gasteiger partial charge < -0.3 is 4.74 Å². The average Bonchev–Trinajstić information content (AvgIpc) is 3.05. The van der Waals surface area contributed by atoms with Crippen molar-refractivity contribution in [2.24, 2.45) is 28.1 Å². The van der Waals surface area contributed by atoms with Crippen LogP contribution in [-0.2, 0) is 23.9 Å². The van der Waals surface area contributed by atoms with Gasteiger partial charge in [-0.3, -0.25) is 19.2 Å². The Labute approximate surface area is 216 Å². The Balaban J connectivity index is 1.89. The van der Waals surface area contributed by atoms with Gasteiger partial charge >= 0.3 is 5.97 Å². The van der Waals surface area contributed by atoms with Crippen molar-refractivity contribution < 1.29 is 23.9 Å². The topological polar surface area (TPSA) is 77.5 Å². The van der Waals surface area contributed by atoms with Crippen LogP contribution in [0.3, 0.4) is 0 Å². The van der Waals surface area contributed by atoms with Gasteiger partial charge in [0.05, 0.1) is 0 Å². The van der Waals surface area contributed by atoms with Crippen molar-refractivity contribution in [2.45, 2.75) is 93.6 Å². The Morgan fingerprint density at radius 3 is 2.17 bits per heavy atom. The number of allylic oxidation sites excluding steroid dienone is 8. The standard InChI is InChI=1S/C31H42O5/c1-19(23(34)13-12-21(3)32)10-9-11-20(2)28-24(35)18-26-30(7)17-15-27(36-22(4)33)29(5,6)25(30)14-16-31(26,28)8/h9-13,25-27H,14-18H2,1-8H3/b11-9+,13-12-,19-10+,28-20+/t25?,26?,27-,30-,31-/m0/s1. The second-order valence-electron chi connectivity index (χ2n) is 12.2.